The number of hydrogen-bond donors (Lipinski definition) is 1. The number of ether oxygens (including phenoxy) is 1. The second-order valence-corrected chi connectivity index (χ2v) is 2.31. The van der Waals surface area contributed by atoms with E-state index in [-0.39, 0.29) is 0 Å². The van der Waals surface area contributed by atoms with E-state index >= 15 is 0 Å². The first-order chi connectivity index (χ1) is 3.93. The van der Waals surface area contributed by atoms with Gasteiger partial charge in [0, 0.05) is 13.7 Å². The van der Waals surface area contributed by atoms with Gasteiger partial charge in [0.25, 0.3) is 0 Å². The molecule has 0 aromatic heterocycles. The quantitative estimate of drug-likeness (QED) is 0.556. The Morgan fingerprint density at radius 1 is 1.75 bits per heavy atom. The van der Waals surface area contributed by atoms with E-state index in [9.17, 15) is 0 Å². The number of rotatable bonds is 2. The Kier molecular flexibility index (Phi) is 2.30. The van der Waals surface area contributed by atoms with Crippen LogP contribution >= 0.6 is 0 Å². The van der Waals surface area contributed by atoms with Crippen LogP contribution in [0.3, 0.4) is 0 Å². The molecule has 0 amide bonds. The van der Waals surface area contributed by atoms with Crippen molar-refractivity contribution in [3.63, 3.8) is 0 Å². The third kappa shape index (κ3) is 1.46. The second-order valence-electron chi connectivity index (χ2n) is 2.31. The van der Waals surface area contributed by atoms with Crippen LogP contribution in [-0.2, 0) is 4.74 Å². The zero-order valence-electron chi connectivity index (χ0n) is 5.31. The van der Waals surface area contributed by atoms with Crippen LogP contribution in [-0.4, -0.2) is 26.8 Å². The summed E-state index contributed by atoms with van der Waals surface area (Å²) in [6, 6.07) is 0. The molecule has 0 bridgehead atoms. The number of hydrogen-bond acceptors (Lipinski definition) is 2. The van der Waals surface area contributed by atoms with E-state index in [2.05, 4.69) is 5.32 Å². The van der Waals surface area contributed by atoms with E-state index in [1.807, 2.05) is 0 Å². The van der Waals surface area contributed by atoms with E-state index in [0.717, 1.165) is 19.1 Å². The summed E-state index contributed by atoms with van der Waals surface area (Å²) in [4.78, 5) is 0. The Bertz CT molecular complexity index is 59.5. The molecule has 1 aliphatic rings. The molecule has 0 aromatic rings. The molecule has 1 unspecified atom stereocenters. The molecular weight excluding hydrogens is 102 g/mol. The first kappa shape index (κ1) is 6.05. The van der Waals surface area contributed by atoms with E-state index in [0.29, 0.717) is 0 Å². The first-order valence-corrected chi connectivity index (χ1v) is 3.13. The zero-order chi connectivity index (χ0) is 5.82. The summed E-state index contributed by atoms with van der Waals surface area (Å²) in [5.74, 6) is 0.778. The van der Waals surface area contributed by atoms with Crippen LogP contribution in [0.15, 0.2) is 0 Å². The van der Waals surface area contributed by atoms with Crippen LogP contribution in [0.2, 0.25) is 0 Å². The Morgan fingerprint density at radius 3 is 3.12 bits per heavy atom. The summed E-state index contributed by atoms with van der Waals surface area (Å²) in [6.07, 6.45) is 1.29. The monoisotopic (exact) mass is 115 g/mol. The molecule has 1 fully saturated rings. The summed E-state index contributed by atoms with van der Waals surface area (Å²) in [5, 5.41) is 3.28. The Balaban J connectivity index is 2.06. The number of methoxy groups -OCH3 is 1. The molecule has 8 heavy (non-hydrogen) atoms. The van der Waals surface area contributed by atoms with Crippen LogP contribution in [0, 0.1) is 5.92 Å². The third-order valence-electron chi connectivity index (χ3n) is 1.56. The SMILES string of the molecule is COCC1CCNC1. The molecule has 1 atom stereocenters. The highest BCUT2D eigenvalue weighted by molar-refractivity contribution is 4.69. The molecule has 2 heteroatoms. The molecule has 48 valence electrons. The summed E-state index contributed by atoms with van der Waals surface area (Å²) in [7, 11) is 1.76. The van der Waals surface area contributed by atoms with Crippen molar-refractivity contribution in [2.45, 2.75) is 6.42 Å². The molecule has 2 nitrogen and oxygen atoms in total. The Morgan fingerprint density at radius 2 is 2.62 bits per heavy atom. The molecular formula is C6H13NO. The van der Waals surface area contributed by atoms with Gasteiger partial charge in [-0.15, -0.1) is 0 Å². The van der Waals surface area contributed by atoms with Gasteiger partial charge in [0.15, 0.2) is 0 Å². The van der Waals surface area contributed by atoms with E-state index < -0.39 is 0 Å². The maximum atomic E-state index is 4.99. The molecule has 1 N–H and O–H groups in total. The lowest BCUT2D eigenvalue weighted by Gasteiger charge is -2.03. The highest BCUT2D eigenvalue weighted by Gasteiger charge is 2.12. The maximum Gasteiger partial charge on any atom is 0.0503 e. The standard InChI is InChI=1S/C6H13NO/c1-8-5-6-2-3-7-4-6/h6-7H,2-5H2,1H3. The molecule has 1 heterocycles. The molecule has 1 saturated heterocycles. The van der Waals surface area contributed by atoms with Gasteiger partial charge in [-0.05, 0) is 18.9 Å². The lowest BCUT2D eigenvalue weighted by atomic mass is 10.1. The van der Waals surface area contributed by atoms with Gasteiger partial charge in [0.2, 0.25) is 0 Å². The van der Waals surface area contributed by atoms with Gasteiger partial charge in [0.1, 0.15) is 0 Å². The minimum absolute atomic E-state index is 0.778. The van der Waals surface area contributed by atoms with Crippen molar-refractivity contribution >= 4 is 0 Å². The summed E-state index contributed by atoms with van der Waals surface area (Å²) in [5.41, 5.74) is 0. The number of nitrogens with one attached hydrogen (secondary N) is 1. The van der Waals surface area contributed by atoms with Crippen LogP contribution in [0.1, 0.15) is 6.42 Å². The van der Waals surface area contributed by atoms with Gasteiger partial charge in [-0.1, -0.05) is 0 Å². The minimum Gasteiger partial charge on any atom is -0.384 e. The van der Waals surface area contributed by atoms with Crippen molar-refractivity contribution in [1.82, 2.24) is 5.32 Å². The molecule has 0 aromatic carbocycles. The molecule has 1 rings (SSSR count). The highest BCUT2D eigenvalue weighted by Crippen LogP contribution is 2.05. The fraction of sp³-hybridized carbons (Fsp3) is 1.00. The van der Waals surface area contributed by atoms with Gasteiger partial charge in [-0.3, -0.25) is 0 Å². The van der Waals surface area contributed by atoms with Crippen molar-refractivity contribution < 1.29 is 4.74 Å². The molecule has 0 aliphatic carbocycles. The normalized spacial score (nSPS) is 28.9. The second kappa shape index (κ2) is 3.05. The van der Waals surface area contributed by atoms with Gasteiger partial charge in [-0.25, -0.2) is 0 Å². The van der Waals surface area contributed by atoms with E-state index in [1.54, 1.807) is 7.11 Å². The molecule has 1 aliphatic heterocycles. The Hall–Kier alpha value is -0.0800. The average Bonchev–Trinajstić information content (AvgIpc) is 2.19. The molecule has 0 radical (unpaired) electrons. The van der Waals surface area contributed by atoms with Gasteiger partial charge in [0.05, 0.1) is 6.61 Å². The van der Waals surface area contributed by atoms with Crippen LogP contribution < -0.4 is 5.32 Å². The smallest absolute Gasteiger partial charge is 0.0503 e. The van der Waals surface area contributed by atoms with Crippen molar-refractivity contribution in [2.75, 3.05) is 26.8 Å². The zero-order valence-corrected chi connectivity index (χ0v) is 5.31. The van der Waals surface area contributed by atoms with E-state index in [4.69, 9.17) is 4.74 Å². The van der Waals surface area contributed by atoms with Crippen LogP contribution in [0.25, 0.3) is 0 Å². The van der Waals surface area contributed by atoms with Crippen molar-refractivity contribution in [3.8, 4) is 0 Å². The van der Waals surface area contributed by atoms with Gasteiger partial charge < -0.3 is 10.1 Å². The summed E-state index contributed by atoms with van der Waals surface area (Å²) >= 11 is 0. The van der Waals surface area contributed by atoms with Gasteiger partial charge in [-0.2, -0.15) is 0 Å². The van der Waals surface area contributed by atoms with Crippen LogP contribution in [0.5, 0.6) is 0 Å². The Labute approximate surface area is 50.2 Å². The fourth-order valence-corrected chi connectivity index (χ4v) is 1.09. The van der Waals surface area contributed by atoms with Gasteiger partial charge >= 0.3 is 0 Å². The fourth-order valence-electron chi connectivity index (χ4n) is 1.09. The van der Waals surface area contributed by atoms with Crippen molar-refractivity contribution in [1.29, 1.82) is 0 Å². The largest absolute Gasteiger partial charge is 0.384 e. The van der Waals surface area contributed by atoms with Crippen LogP contribution in [0.4, 0.5) is 0 Å². The maximum absolute atomic E-state index is 4.99. The summed E-state index contributed by atoms with van der Waals surface area (Å²) < 4.78 is 4.99. The first-order valence-electron chi connectivity index (χ1n) is 3.13. The average molecular weight is 115 g/mol. The topological polar surface area (TPSA) is 21.3 Å². The molecule has 0 saturated carbocycles. The summed E-state index contributed by atoms with van der Waals surface area (Å²) in [6.45, 7) is 3.24. The van der Waals surface area contributed by atoms with E-state index in [1.165, 1.54) is 13.0 Å². The van der Waals surface area contributed by atoms with Crippen molar-refractivity contribution in [2.24, 2.45) is 5.92 Å². The third-order valence-corrected chi connectivity index (χ3v) is 1.56. The van der Waals surface area contributed by atoms with Crippen molar-refractivity contribution in [3.05, 3.63) is 0 Å². The lowest BCUT2D eigenvalue weighted by molar-refractivity contribution is 0.160. The predicted octanol–water partition coefficient (Wildman–Crippen LogP) is 0.242. The highest BCUT2D eigenvalue weighted by atomic mass is 16.5. The molecule has 0 spiro atoms. The minimum atomic E-state index is 0.778. The lowest BCUT2D eigenvalue weighted by Crippen LogP contribution is -2.12. The predicted molar refractivity (Wildman–Crippen MR) is 32.9 cm³/mol.